The van der Waals surface area contributed by atoms with Crippen molar-refractivity contribution in [2.24, 2.45) is 11.8 Å². The van der Waals surface area contributed by atoms with Gasteiger partial charge in [0.1, 0.15) is 22.9 Å². The van der Waals surface area contributed by atoms with E-state index in [0.717, 1.165) is 11.9 Å². The van der Waals surface area contributed by atoms with Gasteiger partial charge in [0.05, 0.1) is 30.0 Å². The van der Waals surface area contributed by atoms with Gasteiger partial charge in [0.2, 0.25) is 0 Å². The van der Waals surface area contributed by atoms with Gasteiger partial charge in [0.15, 0.2) is 17.7 Å². The molecule has 0 radical (unpaired) electrons. The highest BCUT2D eigenvalue weighted by atomic mass is 32.1. The lowest BCUT2D eigenvalue weighted by Gasteiger charge is -2.47. The molecule has 0 aliphatic carbocycles. The highest BCUT2D eigenvalue weighted by molar-refractivity contribution is 7.13. The number of alkyl halides is 1. The Balaban J connectivity index is 1.44. The molecule has 1 amide bonds. The lowest BCUT2D eigenvalue weighted by atomic mass is 9.77. The number of carbonyl (C=O) groups is 3. The fraction of sp³-hybridized carbons (Fsp3) is 0.805. The van der Waals surface area contributed by atoms with E-state index in [4.69, 9.17) is 23.7 Å². The van der Waals surface area contributed by atoms with Gasteiger partial charge in [-0.05, 0) is 93.8 Å². The van der Waals surface area contributed by atoms with Gasteiger partial charge in [-0.25, -0.2) is 19.0 Å². The van der Waals surface area contributed by atoms with Gasteiger partial charge in [-0.1, -0.05) is 26.0 Å². The minimum atomic E-state index is -3.13. The second kappa shape index (κ2) is 18.9. The maximum Gasteiger partial charge on any atom is 0.410 e. The van der Waals surface area contributed by atoms with Crippen molar-refractivity contribution in [3.8, 4) is 10.7 Å². The molecule has 332 valence electrons. The van der Waals surface area contributed by atoms with Crippen LogP contribution in [-0.2, 0) is 39.8 Å². The van der Waals surface area contributed by atoms with Gasteiger partial charge in [-0.3, -0.25) is 14.4 Å². The Labute approximate surface area is 352 Å². The number of methoxy groups -OCH3 is 1. The number of aromatic nitrogens is 4. The van der Waals surface area contributed by atoms with Gasteiger partial charge in [0.25, 0.3) is 5.67 Å². The Kier molecular flexibility index (Phi) is 15.0. The number of hydrogen-bond acceptors (Lipinski definition) is 15. The molecule has 0 spiro atoms. The van der Waals surface area contributed by atoms with Crippen LogP contribution < -0.4 is 0 Å². The van der Waals surface area contributed by atoms with E-state index in [1.54, 1.807) is 36.5 Å². The normalized spacial score (nSPS) is 38.2. The van der Waals surface area contributed by atoms with Gasteiger partial charge in [0, 0.05) is 56.3 Å². The summed E-state index contributed by atoms with van der Waals surface area (Å²) in [6.45, 7) is 15.1. The van der Waals surface area contributed by atoms with E-state index < -0.39 is 71.3 Å². The third-order valence-electron chi connectivity index (χ3n) is 12.8. The number of fused-ring (bicyclic) bond motifs is 1. The molecule has 16 nitrogen and oxygen atoms in total. The second-order valence-corrected chi connectivity index (χ2v) is 18.6. The molecule has 5 heterocycles. The van der Waals surface area contributed by atoms with E-state index in [0.29, 0.717) is 51.0 Å². The van der Waals surface area contributed by atoms with Crippen molar-refractivity contribution in [2.45, 2.75) is 160 Å². The maximum absolute atomic E-state index is 17.0. The number of cyclic esters (lactones) is 1. The summed E-state index contributed by atoms with van der Waals surface area (Å²) < 4.78 is 49.8. The van der Waals surface area contributed by atoms with Crippen LogP contribution in [0.15, 0.2) is 17.8 Å². The van der Waals surface area contributed by atoms with Crippen LogP contribution in [0.25, 0.3) is 10.7 Å². The van der Waals surface area contributed by atoms with Crippen molar-refractivity contribution in [3.05, 3.63) is 17.8 Å². The molecule has 2 aromatic heterocycles. The smallest absolute Gasteiger partial charge is 0.410 e. The first-order valence-corrected chi connectivity index (χ1v) is 21.7. The Hall–Kier alpha value is -3.13. The zero-order chi connectivity index (χ0) is 43.6. The molecule has 0 saturated carbocycles. The van der Waals surface area contributed by atoms with Crippen molar-refractivity contribution in [1.82, 2.24) is 34.7 Å². The molecule has 59 heavy (non-hydrogen) atoms. The van der Waals surface area contributed by atoms with Crippen LogP contribution in [0.5, 0.6) is 0 Å². The average Bonchev–Trinajstić information content (AvgIpc) is 3.94. The number of rotatable bonds is 11. The topological polar surface area (TPSA) is 171 Å². The number of carbonyl (C=O) groups excluding carboxylic acids is 3. The molecule has 3 aliphatic heterocycles. The van der Waals surface area contributed by atoms with Crippen LogP contribution in [0, 0.1) is 11.8 Å². The summed E-state index contributed by atoms with van der Waals surface area (Å²) in [6.07, 6.45) is 0.557. The van der Waals surface area contributed by atoms with Crippen molar-refractivity contribution in [3.63, 3.8) is 0 Å². The molecule has 13 atom stereocenters. The number of Topliss-reactive ketones (excluding diaryl/α,β-unsaturated/α-hetero) is 1. The molecule has 2 aromatic rings. The number of halogens is 1. The first-order chi connectivity index (χ1) is 27.7. The Bertz CT molecular complexity index is 1730. The highest BCUT2D eigenvalue weighted by Crippen LogP contribution is 2.42. The number of nitrogens with zero attached hydrogens (tertiary/aromatic N) is 7. The molecule has 3 fully saturated rings. The number of amides is 1. The van der Waals surface area contributed by atoms with Crippen LogP contribution >= 0.6 is 11.3 Å². The predicted octanol–water partition coefficient (Wildman–Crippen LogP) is 4.59. The number of aliphatic hydroxyl groups is 1. The number of aryl methyl sites for hydroxylation is 1. The van der Waals surface area contributed by atoms with Crippen LogP contribution in [0.4, 0.5) is 9.18 Å². The lowest BCUT2D eigenvalue weighted by Crippen LogP contribution is -2.61. The molecule has 0 bridgehead atoms. The van der Waals surface area contributed by atoms with Crippen LogP contribution in [0.2, 0.25) is 0 Å². The van der Waals surface area contributed by atoms with Crippen LogP contribution in [0.1, 0.15) is 87.5 Å². The number of hydrogen-bond donors (Lipinski definition) is 1. The fourth-order valence-corrected chi connectivity index (χ4v) is 10.0. The summed E-state index contributed by atoms with van der Waals surface area (Å²) in [5.41, 5.74) is -5.06. The monoisotopic (exact) mass is 851 g/mol. The summed E-state index contributed by atoms with van der Waals surface area (Å²) in [7, 11) is 7.19. The lowest BCUT2D eigenvalue weighted by molar-refractivity contribution is -0.295. The number of esters is 1. The molecule has 0 aromatic carbocycles. The van der Waals surface area contributed by atoms with Crippen molar-refractivity contribution < 1.29 is 47.6 Å². The van der Waals surface area contributed by atoms with E-state index in [1.165, 1.54) is 25.4 Å². The van der Waals surface area contributed by atoms with Crippen molar-refractivity contribution in [1.29, 1.82) is 0 Å². The fourth-order valence-electron chi connectivity index (χ4n) is 9.44. The summed E-state index contributed by atoms with van der Waals surface area (Å²) in [4.78, 5) is 52.2. The van der Waals surface area contributed by atoms with E-state index in [-0.39, 0.29) is 30.5 Å². The SMILES string of the molecule is CC[C@H]1OC(=O)[C@](C)(F)C(=O)[C@H](C)[C@@H](O[C@@H]2O[C@H](C)CC(N(C)C)[C@H]2O)[C@](C)(OC)C[C@@H](C)CN(C)[C@H](C)[C@H]2N(CCCCn3cc(-c4nccs4)nn3)C(=O)O[C@]12C. The summed E-state index contributed by atoms with van der Waals surface area (Å²) in [5, 5.41) is 22.6. The predicted molar refractivity (Wildman–Crippen MR) is 218 cm³/mol. The van der Waals surface area contributed by atoms with Crippen LogP contribution in [0.3, 0.4) is 0 Å². The molecule has 1 unspecified atom stereocenters. The summed E-state index contributed by atoms with van der Waals surface area (Å²) in [6, 6.07) is -1.27. The molecule has 3 aliphatic rings. The zero-order valence-electron chi connectivity index (χ0n) is 36.8. The Morgan fingerprint density at radius 1 is 1.10 bits per heavy atom. The number of unbranched alkanes of at least 4 members (excludes halogenated alkanes) is 1. The average molecular weight is 852 g/mol. The van der Waals surface area contributed by atoms with Gasteiger partial charge >= 0.3 is 12.1 Å². The van der Waals surface area contributed by atoms with Crippen LogP contribution in [-0.4, -0.2) is 165 Å². The first-order valence-electron chi connectivity index (χ1n) is 20.8. The summed E-state index contributed by atoms with van der Waals surface area (Å²) >= 11 is 1.48. The highest BCUT2D eigenvalue weighted by Gasteiger charge is 2.61. The maximum atomic E-state index is 17.0. The quantitative estimate of drug-likeness (QED) is 0.189. The molecule has 18 heteroatoms. The number of ether oxygens (including phenoxy) is 5. The van der Waals surface area contributed by atoms with Gasteiger partial charge < -0.3 is 38.6 Å². The minimum Gasteiger partial charge on any atom is -0.455 e. The van der Waals surface area contributed by atoms with E-state index in [1.807, 2.05) is 51.5 Å². The largest absolute Gasteiger partial charge is 0.455 e. The Morgan fingerprint density at radius 2 is 1.80 bits per heavy atom. The van der Waals surface area contributed by atoms with Crippen molar-refractivity contribution in [2.75, 3.05) is 41.3 Å². The van der Waals surface area contributed by atoms with Gasteiger partial charge in [-0.15, -0.1) is 16.4 Å². The van der Waals surface area contributed by atoms with E-state index >= 15 is 4.39 Å². The van der Waals surface area contributed by atoms with Crippen molar-refractivity contribution >= 4 is 29.2 Å². The summed E-state index contributed by atoms with van der Waals surface area (Å²) in [5.74, 6) is -3.82. The minimum absolute atomic E-state index is 0.0946. The molecular weight excluding hydrogens is 786 g/mol. The standard InChI is InChI=1S/C41H66FN7O9S/c1-13-30-41(8)32(49(38(53)58-41)18-15-14-17-48-23-28(44-45-48)35-43-16-19-59-35)27(5)47(11)22-24(2)21-39(6,54-12)34(26(4)33(51)40(7,42)37(52)56-30)57-36-31(50)29(46(9)10)20-25(3)55-36/h16,19,23-27,29-32,34,36,50H,13-15,17-18,20-22H2,1-12H3/t24-,25-,26+,27-,29?,30-,31-,32-,34-,36+,39-,40-,41-/m1/s1. The first kappa shape index (κ1) is 46.9. The molecular formula is C41H66FN7O9S. The second-order valence-electron chi connectivity index (χ2n) is 17.7. The zero-order valence-corrected chi connectivity index (χ0v) is 37.6. The number of thiazole rings is 1. The number of aliphatic hydroxyl groups excluding tert-OH is 1. The number of ketones is 1. The molecule has 1 N–H and O–H groups in total. The third kappa shape index (κ3) is 9.84. The van der Waals surface area contributed by atoms with E-state index in [9.17, 15) is 19.5 Å². The van der Waals surface area contributed by atoms with Gasteiger partial charge in [-0.2, -0.15) is 0 Å². The third-order valence-corrected chi connectivity index (χ3v) is 13.6. The van der Waals surface area contributed by atoms with E-state index in [2.05, 4.69) is 27.1 Å². The molecule has 3 saturated heterocycles. The molecule has 5 rings (SSSR count). The Morgan fingerprint density at radius 3 is 2.42 bits per heavy atom. The number of likely N-dealkylation sites (N-methyl/N-ethyl adjacent to an activating group) is 2.